The SMILES string of the molecule is CC(=O)c1ccc(Br)cc1Oc1ccc2cccnc2c1. The van der Waals surface area contributed by atoms with Gasteiger partial charge in [0.05, 0.1) is 11.1 Å². The highest BCUT2D eigenvalue weighted by molar-refractivity contribution is 9.10. The predicted octanol–water partition coefficient (Wildman–Crippen LogP) is 4.99. The lowest BCUT2D eigenvalue weighted by molar-refractivity contribution is 0.101. The van der Waals surface area contributed by atoms with Gasteiger partial charge in [0.15, 0.2) is 5.78 Å². The standard InChI is InChI=1S/C17H12BrNO2/c1-11(20)15-7-5-13(18)9-17(15)21-14-6-4-12-3-2-8-19-16(12)10-14/h2-10H,1H3. The van der Waals surface area contributed by atoms with E-state index in [0.29, 0.717) is 17.1 Å². The Kier molecular flexibility index (Phi) is 3.71. The molecular weight excluding hydrogens is 330 g/mol. The number of Topliss-reactive ketones (excluding diaryl/α,β-unsaturated/α-hetero) is 1. The van der Waals surface area contributed by atoms with Crippen LogP contribution in [0, 0.1) is 0 Å². The van der Waals surface area contributed by atoms with Crippen molar-refractivity contribution in [1.82, 2.24) is 4.98 Å². The van der Waals surface area contributed by atoms with Crippen molar-refractivity contribution in [3.05, 3.63) is 64.8 Å². The molecule has 0 saturated carbocycles. The average Bonchev–Trinajstić information content (AvgIpc) is 2.47. The third kappa shape index (κ3) is 2.95. The molecule has 1 heterocycles. The van der Waals surface area contributed by atoms with Gasteiger partial charge in [-0.1, -0.05) is 22.0 Å². The third-order valence-corrected chi connectivity index (χ3v) is 3.62. The Morgan fingerprint density at radius 2 is 2.00 bits per heavy atom. The number of hydrogen-bond acceptors (Lipinski definition) is 3. The highest BCUT2D eigenvalue weighted by atomic mass is 79.9. The number of hydrogen-bond donors (Lipinski definition) is 0. The summed E-state index contributed by atoms with van der Waals surface area (Å²) in [4.78, 5) is 16.0. The van der Waals surface area contributed by atoms with Crippen LogP contribution in [0.15, 0.2) is 59.2 Å². The summed E-state index contributed by atoms with van der Waals surface area (Å²) < 4.78 is 6.73. The van der Waals surface area contributed by atoms with Crippen molar-refractivity contribution in [2.24, 2.45) is 0 Å². The molecule has 0 unspecified atom stereocenters. The summed E-state index contributed by atoms with van der Waals surface area (Å²) in [6, 6.07) is 14.9. The number of aromatic nitrogens is 1. The molecule has 3 rings (SSSR count). The summed E-state index contributed by atoms with van der Waals surface area (Å²) in [7, 11) is 0. The Bertz CT molecular complexity index is 830. The lowest BCUT2D eigenvalue weighted by Gasteiger charge is -2.10. The van der Waals surface area contributed by atoms with Gasteiger partial charge in [-0.05, 0) is 43.3 Å². The van der Waals surface area contributed by atoms with Gasteiger partial charge in [-0.2, -0.15) is 0 Å². The van der Waals surface area contributed by atoms with E-state index in [1.165, 1.54) is 6.92 Å². The van der Waals surface area contributed by atoms with E-state index in [9.17, 15) is 4.79 Å². The zero-order valence-electron chi connectivity index (χ0n) is 11.3. The number of ether oxygens (including phenoxy) is 1. The molecule has 0 saturated heterocycles. The van der Waals surface area contributed by atoms with Crippen molar-refractivity contribution in [1.29, 1.82) is 0 Å². The molecule has 2 aromatic carbocycles. The van der Waals surface area contributed by atoms with Crippen LogP contribution in [0.25, 0.3) is 10.9 Å². The van der Waals surface area contributed by atoms with E-state index in [0.717, 1.165) is 15.4 Å². The Balaban J connectivity index is 2.02. The number of rotatable bonds is 3. The second kappa shape index (κ2) is 5.66. The van der Waals surface area contributed by atoms with Gasteiger partial charge < -0.3 is 4.74 Å². The van der Waals surface area contributed by atoms with E-state index in [-0.39, 0.29) is 5.78 Å². The fraction of sp³-hybridized carbons (Fsp3) is 0.0588. The summed E-state index contributed by atoms with van der Waals surface area (Å²) in [5.74, 6) is 1.16. The third-order valence-electron chi connectivity index (χ3n) is 3.13. The maximum atomic E-state index is 11.7. The second-order valence-corrected chi connectivity index (χ2v) is 5.57. The second-order valence-electron chi connectivity index (χ2n) is 4.66. The number of pyridine rings is 1. The molecule has 0 spiro atoms. The molecular formula is C17H12BrNO2. The van der Waals surface area contributed by atoms with Crippen LogP contribution in [0.5, 0.6) is 11.5 Å². The zero-order chi connectivity index (χ0) is 14.8. The van der Waals surface area contributed by atoms with Crippen molar-refractivity contribution in [3.8, 4) is 11.5 Å². The van der Waals surface area contributed by atoms with Crippen LogP contribution < -0.4 is 4.74 Å². The minimum Gasteiger partial charge on any atom is -0.456 e. The summed E-state index contributed by atoms with van der Waals surface area (Å²) in [5, 5.41) is 1.05. The van der Waals surface area contributed by atoms with Gasteiger partial charge in [-0.3, -0.25) is 9.78 Å². The normalized spacial score (nSPS) is 10.6. The molecule has 0 amide bonds. The smallest absolute Gasteiger partial charge is 0.163 e. The van der Waals surface area contributed by atoms with Gasteiger partial charge >= 0.3 is 0 Å². The van der Waals surface area contributed by atoms with E-state index in [1.54, 1.807) is 18.3 Å². The fourth-order valence-corrected chi connectivity index (χ4v) is 2.45. The Labute approximate surface area is 130 Å². The molecule has 1 aromatic heterocycles. The van der Waals surface area contributed by atoms with Crippen molar-refractivity contribution in [2.75, 3.05) is 0 Å². The lowest BCUT2D eigenvalue weighted by Crippen LogP contribution is -1.97. The number of halogens is 1. The van der Waals surface area contributed by atoms with Gasteiger partial charge in [0.1, 0.15) is 11.5 Å². The summed E-state index contributed by atoms with van der Waals surface area (Å²) >= 11 is 3.39. The highest BCUT2D eigenvalue weighted by Gasteiger charge is 2.10. The monoisotopic (exact) mass is 341 g/mol. The number of fused-ring (bicyclic) bond motifs is 1. The van der Waals surface area contributed by atoms with Gasteiger partial charge in [-0.25, -0.2) is 0 Å². The first-order valence-electron chi connectivity index (χ1n) is 6.46. The number of benzene rings is 2. The molecule has 0 bridgehead atoms. The molecule has 0 aliphatic rings. The van der Waals surface area contributed by atoms with Gasteiger partial charge in [0, 0.05) is 22.1 Å². The van der Waals surface area contributed by atoms with Gasteiger partial charge in [0.25, 0.3) is 0 Å². The quantitative estimate of drug-likeness (QED) is 0.630. The fourth-order valence-electron chi connectivity index (χ4n) is 2.11. The Hall–Kier alpha value is -2.20. The van der Waals surface area contributed by atoms with Crippen molar-refractivity contribution in [2.45, 2.75) is 6.92 Å². The number of carbonyl (C=O) groups is 1. The molecule has 3 aromatic rings. The first kappa shape index (κ1) is 13.8. The largest absolute Gasteiger partial charge is 0.456 e. The van der Waals surface area contributed by atoms with Crippen LogP contribution in [0.3, 0.4) is 0 Å². The number of ketones is 1. The highest BCUT2D eigenvalue weighted by Crippen LogP contribution is 2.30. The van der Waals surface area contributed by atoms with E-state index < -0.39 is 0 Å². The predicted molar refractivity (Wildman–Crippen MR) is 86.0 cm³/mol. The van der Waals surface area contributed by atoms with E-state index >= 15 is 0 Å². The molecule has 0 atom stereocenters. The Morgan fingerprint density at radius 1 is 1.14 bits per heavy atom. The average molecular weight is 342 g/mol. The van der Waals surface area contributed by atoms with Crippen molar-refractivity contribution < 1.29 is 9.53 Å². The van der Waals surface area contributed by atoms with Crippen LogP contribution in [0.2, 0.25) is 0 Å². The molecule has 0 N–H and O–H groups in total. The van der Waals surface area contributed by atoms with Crippen LogP contribution in [0.4, 0.5) is 0 Å². The number of nitrogens with zero attached hydrogens (tertiary/aromatic N) is 1. The first-order chi connectivity index (χ1) is 10.1. The van der Waals surface area contributed by atoms with Gasteiger partial charge in [-0.15, -0.1) is 0 Å². The summed E-state index contributed by atoms with van der Waals surface area (Å²) in [6.07, 6.45) is 1.74. The number of carbonyl (C=O) groups excluding carboxylic acids is 1. The minimum absolute atomic E-state index is 0.0311. The molecule has 0 fully saturated rings. The molecule has 4 heteroatoms. The topological polar surface area (TPSA) is 39.2 Å². The molecule has 3 nitrogen and oxygen atoms in total. The molecule has 0 aliphatic carbocycles. The molecule has 0 aliphatic heterocycles. The van der Waals surface area contributed by atoms with Crippen LogP contribution in [-0.2, 0) is 0 Å². The van der Waals surface area contributed by atoms with Crippen LogP contribution in [-0.4, -0.2) is 10.8 Å². The van der Waals surface area contributed by atoms with Crippen molar-refractivity contribution >= 4 is 32.6 Å². The first-order valence-corrected chi connectivity index (χ1v) is 7.26. The maximum absolute atomic E-state index is 11.7. The Morgan fingerprint density at radius 3 is 2.81 bits per heavy atom. The maximum Gasteiger partial charge on any atom is 0.163 e. The van der Waals surface area contributed by atoms with Crippen LogP contribution >= 0.6 is 15.9 Å². The summed E-state index contributed by atoms with van der Waals surface area (Å²) in [5.41, 5.74) is 1.41. The van der Waals surface area contributed by atoms with Gasteiger partial charge in [0.2, 0.25) is 0 Å². The lowest BCUT2D eigenvalue weighted by atomic mass is 10.1. The van der Waals surface area contributed by atoms with Crippen LogP contribution in [0.1, 0.15) is 17.3 Å². The summed E-state index contributed by atoms with van der Waals surface area (Å²) in [6.45, 7) is 1.53. The van der Waals surface area contributed by atoms with E-state index in [2.05, 4.69) is 20.9 Å². The van der Waals surface area contributed by atoms with E-state index in [4.69, 9.17) is 4.74 Å². The minimum atomic E-state index is -0.0311. The molecule has 0 radical (unpaired) electrons. The molecule has 21 heavy (non-hydrogen) atoms. The van der Waals surface area contributed by atoms with E-state index in [1.807, 2.05) is 36.4 Å². The van der Waals surface area contributed by atoms with Crippen molar-refractivity contribution in [3.63, 3.8) is 0 Å². The zero-order valence-corrected chi connectivity index (χ0v) is 12.9. The molecule has 104 valence electrons.